The number of sulfonamides is 1. The average molecular weight is 538 g/mol. The predicted molar refractivity (Wildman–Crippen MR) is 144 cm³/mol. The fourth-order valence-electron chi connectivity index (χ4n) is 3.60. The van der Waals surface area contributed by atoms with Crippen molar-refractivity contribution in [3.8, 4) is 5.75 Å². The van der Waals surface area contributed by atoms with Crippen LogP contribution in [-0.4, -0.2) is 57.1 Å². The number of hydrogen-bond acceptors (Lipinski definition) is 5. The summed E-state index contributed by atoms with van der Waals surface area (Å²) in [4.78, 5) is 27.7. The van der Waals surface area contributed by atoms with E-state index in [4.69, 9.17) is 16.3 Å². The van der Waals surface area contributed by atoms with Crippen molar-refractivity contribution < 1.29 is 22.7 Å². The lowest BCUT2D eigenvalue weighted by atomic mass is 10.1. The largest absolute Gasteiger partial charge is 0.497 e. The summed E-state index contributed by atoms with van der Waals surface area (Å²) in [7, 11) is -2.07. The molecule has 10 heteroatoms. The van der Waals surface area contributed by atoms with Crippen molar-refractivity contribution in [2.24, 2.45) is 0 Å². The number of hydrogen-bond donors (Lipinski definition) is 1. The minimum atomic E-state index is -3.58. The van der Waals surface area contributed by atoms with Crippen molar-refractivity contribution in [1.82, 2.24) is 10.2 Å². The van der Waals surface area contributed by atoms with Gasteiger partial charge in [-0.1, -0.05) is 36.7 Å². The number of carbonyl (C=O) groups excluding carboxylic acids is 2. The molecule has 198 valence electrons. The lowest BCUT2D eigenvalue weighted by Crippen LogP contribution is -2.49. The highest BCUT2D eigenvalue weighted by atomic mass is 35.5. The molecule has 0 bridgehead atoms. The lowest BCUT2D eigenvalue weighted by Gasteiger charge is -2.30. The number of amides is 2. The van der Waals surface area contributed by atoms with Crippen LogP contribution < -0.4 is 14.4 Å². The number of nitrogens with one attached hydrogen (secondary N) is 1. The fourth-order valence-corrected chi connectivity index (χ4v) is 4.69. The van der Waals surface area contributed by atoms with Crippen LogP contribution in [0.3, 0.4) is 0 Å². The Labute approximate surface area is 219 Å². The summed E-state index contributed by atoms with van der Waals surface area (Å²) in [6, 6.07) is 13.1. The Morgan fingerprint density at radius 1 is 1.11 bits per heavy atom. The summed E-state index contributed by atoms with van der Waals surface area (Å²) in [6.45, 7) is 5.93. The molecule has 2 amide bonds. The van der Waals surface area contributed by atoms with Gasteiger partial charge in [0.05, 0.1) is 19.1 Å². The van der Waals surface area contributed by atoms with E-state index < -0.39 is 16.1 Å². The summed E-state index contributed by atoms with van der Waals surface area (Å²) in [5, 5.41) is 3.51. The Hall–Kier alpha value is -2.78. The van der Waals surface area contributed by atoms with Crippen LogP contribution in [0.2, 0.25) is 5.02 Å². The van der Waals surface area contributed by atoms with Gasteiger partial charge in [-0.3, -0.25) is 13.9 Å². The number of benzene rings is 2. The highest BCUT2D eigenvalue weighted by molar-refractivity contribution is 7.92. The van der Waals surface area contributed by atoms with E-state index in [-0.39, 0.29) is 43.8 Å². The number of halogens is 1. The molecule has 8 nitrogen and oxygen atoms in total. The van der Waals surface area contributed by atoms with Gasteiger partial charge >= 0.3 is 0 Å². The van der Waals surface area contributed by atoms with Crippen LogP contribution in [-0.2, 0) is 26.2 Å². The first-order valence-corrected chi connectivity index (χ1v) is 14.1. The molecule has 0 spiro atoms. The van der Waals surface area contributed by atoms with Crippen LogP contribution in [0.5, 0.6) is 5.75 Å². The Bertz CT molecular complexity index is 1120. The van der Waals surface area contributed by atoms with E-state index in [0.717, 1.165) is 18.2 Å². The number of nitrogens with zero attached hydrogens (tertiary/aromatic N) is 2. The first-order chi connectivity index (χ1) is 17.0. The van der Waals surface area contributed by atoms with Crippen molar-refractivity contribution in [3.63, 3.8) is 0 Å². The third kappa shape index (κ3) is 8.71. The number of ether oxygens (including phenoxy) is 1. The zero-order chi connectivity index (χ0) is 26.9. The van der Waals surface area contributed by atoms with Crippen LogP contribution in [0.25, 0.3) is 0 Å². The second-order valence-electron chi connectivity index (χ2n) is 8.78. The number of rotatable bonds is 13. The van der Waals surface area contributed by atoms with Crippen LogP contribution in [0, 0.1) is 0 Å². The maximum absolute atomic E-state index is 13.3. The van der Waals surface area contributed by atoms with Gasteiger partial charge in [0.2, 0.25) is 21.8 Å². The number of carbonyl (C=O) groups is 2. The van der Waals surface area contributed by atoms with Gasteiger partial charge in [0.1, 0.15) is 11.8 Å². The standard InChI is InChI=1S/C26H36ClN3O5S/c1-6-19(2)28-26(32)20(3)29(18-21-12-14-22(27)15-13-21)25(31)11-8-16-30(36(5,33)34)23-9-7-10-24(17-23)35-4/h7,9-10,12-15,17,19-20H,6,8,11,16,18H2,1-5H3,(H,28,32). The summed E-state index contributed by atoms with van der Waals surface area (Å²) < 4.78 is 31.4. The van der Waals surface area contributed by atoms with E-state index in [2.05, 4.69) is 5.32 Å². The van der Waals surface area contributed by atoms with Crippen molar-refractivity contribution in [3.05, 3.63) is 59.1 Å². The molecular weight excluding hydrogens is 502 g/mol. The molecule has 2 atom stereocenters. The van der Waals surface area contributed by atoms with Crippen LogP contribution in [0.4, 0.5) is 5.69 Å². The molecule has 0 heterocycles. The molecule has 1 N–H and O–H groups in total. The molecular formula is C26H36ClN3O5S. The third-order valence-corrected chi connectivity index (χ3v) is 7.37. The molecule has 0 aliphatic rings. The fraction of sp³-hybridized carbons (Fsp3) is 0.462. The first-order valence-electron chi connectivity index (χ1n) is 11.9. The summed E-state index contributed by atoms with van der Waals surface area (Å²) in [5.41, 5.74) is 1.30. The number of anilines is 1. The first kappa shape index (κ1) is 29.5. The zero-order valence-corrected chi connectivity index (χ0v) is 23.1. The highest BCUT2D eigenvalue weighted by Gasteiger charge is 2.27. The summed E-state index contributed by atoms with van der Waals surface area (Å²) >= 11 is 6.00. The third-order valence-electron chi connectivity index (χ3n) is 5.93. The SMILES string of the molecule is CCC(C)NC(=O)C(C)N(Cc1ccc(Cl)cc1)C(=O)CCCN(c1cccc(OC)c1)S(C)(=O)=O. The molecule has 0 saturated heterocycles. The molecule has 2 unspecified atom stereocenters. The molecule has 36 heavy (non-hydrogen) atoms. The molecule has 0 saturated carbocycles. The van der Waals surface area contributed by atoms with Crippen molar-refractivity contribution in [1.29, 1.82) is 0 Å². The van der Waals surface area contributed by atoms with Gasteiger partial charge < -0.3 is 15.0 Å². The van der Waals surface area contributed by atoms with Crippen molar-refractivity contribution >= 4 is 39.1 Å². The molecule has 0 fully saturated rings. The minimum Gasteiger partial charge on any atom is -0.497 e. The van der Waals surface area contributed by atoms with E-state index >= 15 is 0 Å². The second kappa shape index (κ2) is 13.5. The molecule has 2 aromatic rings. The molecule has 2 aromatic carbocycles. The van der Waals surface area contributed by atoms with Gasteiger partial charge in [-0.25, -0.2) is 8.42 Å². The zero-order valence-electron chi connectivity index (χ0n) is 21.5. The summed E-state index contributed by atoms with van der Waals surface area (Å²) in [6.07, 6.45) is 2.25. The second-order valence-corrected chi connectivity index (χ2v) is 11.1. The Kier molecular flexibility index (Phi) is 11.0. The van der Waals surface area contributed by atoms with Crippen molar-refractivity contribution in [2.45, 2.75) is 58.7 Å². The van der Waals surface area contributed by atoms with Crippen LogP contribution in [0.15, 0.2) is 48.5 Å². The highest BCUT2D eigenvalue weighted by Crippen LogP contribution is 2.24. The Morgan fingerprint density at radius 2 is 1.78 bits per heavy atom. The average Bonchev–Trinajstić information content (AvgIpc) is 2.84. The van der Waals surface area contributed by atoms with Crippen molar-refractivity contribution in [2.75, 3.05) is 24.2 Å². The lowest BCUT2D eigenvalue weighted by molar-refractivity contribution is -0.140. The topological polar surface area (TPSA) is 96.0 Å². The van der Waals surface area contributed by atoms with E-state index in [1.54, 1.807) is 43.3 Å². The quantitative estimate of drug-likeness (QED) is 0.412. The maximum Gasteiger partial charge on any atom is 0.242 e. The Morgan fingerprint density at radius 3 is 2.36 bits per heavy atom. The number of methoxy groups -OCH3 is 1. The normalized spacial score (nSPS) is 12.9. The minimum absolute atomic E-state index is 0.0152. The summed E-state index contributed by atoms with van der Waals surface area (Å²) in [5.74, 6) is 0.0594. The van der Waals surface area contributed by atoms with Gasteiger partial charge in [-0.05, 0) is 56.5 Å². The van der Waals surface area contributed by atoms with E-state index in [1.165, 1.54) is 16.3 Å². The van der Waals surface area contributed by atoms with Crippen LogP contribution in [0.1, 0.15) is 45.6 Å². The molecule has 2 rings (SSSR count). The van der Waals surface area contributed by atoms with Gasteiger partial charge in [0, 0.05) is 36.6 Å². The van der Waals surface area contributed by atoms with Gasteiger partial charge in [-0.2, -0.15) is 0 Å². The van der Waals surface area contributed by atoms with E-state index in [9.17, 15) is 18.0 Å². The Balaban J connectivity index is 2.17. The van der Waals surface area contributed by atoms with Gasteiger partial charge in [0.25, 0.3) is 0 Å². The smallest absolute Gasteiger partial charge is 0.242 e. The molecule has 0 aliphatic heterocycles. The predicted octanol–water partition coefficient (Wildman–Crippen LogP) is 4.23. The molecule has 0 aromatic heterocycles. The van der Waals surface area contributed by atoms with Gasteiger partial charge in [0.15, 0.2) is 0 Å². The van der Waals surface area contributed by atoms with E-state index in [0.29, 0.717) is 16.5 Å². The maximum atomic E-state index is 13.3. The van der Waals surface area contributed by atoms with Crippen LogP contribution >= 0.6 is 11.6 Å². The van der Waals surface area contributed by atoms with Gasteiger partial charge in [-0.15, -0.1) is 0 Å². The monoisotopic (exact) mass is 537 g/mol. The van der Waals surface area contributed by atoms with E-state index in [1.807, 2.05) is 26.0 Å². The molecule has 0 radical (unpaired) electrons. The molecule has 0 aliphatic carbocycles.